The highest BCUT2D eigenvalue weighted by Gasteiger charge is 2.28. The topological polar surface area (TPSA) is 54.3 Å². The van der Waals surface area contributed by atoms with E-state index >= 15 is 0 Å². The van der Waals surface area contributed by atoms with Gasteiger partial charge in [-0.15, -0.1) is 0 Å². The fourth-order valence-electron chi connectivity index (χ4n) is 2.77. The lowest BCUT2D eigenvalue weighted by Gasteiger charge is -2.11. The third-order valence-corrected chi connectivity index (χ3v) is 4.73. The first-order valence-electron chi connectivity index (χ1n) is 7.24. The fraction of sp³-hybridized carbons (Fsp3) is 0.438. The van der Waals surface area contributed by atoms with E-state index in [1.54, 1.807) is 11.3 Å². The first-order chi connectivity index (χ1) is 10.1. The van der Waals surface area contributed by atoms with E-state index in [0.717, 1.165) is 22.5 Å². The molecule has 2 heterocycles. The Morgan fingerprint density at radius 3 is 2.90 bits per heavy atom. The summed E-state index contributed by atoms with van der Waals surface area (Å²) in [5, 5.41) is 16.7. The smallest absolute Gasteiger partial charge is 0.253 e. The Bertz CT molecular complexity index is 642. The monoisotopic (exact) mass is 304 g/mol. The maximum absolute atomic E-state index is 12.3. The molecule has 112 valence electrons. The third-order valence-electron chi connectivity index (χ3n) is 4.02. The van der Waals surface area contributed by atoms with Crippen LogP contribution in [-0.2, 0) is 0 Å². The van der Waals surface area contributed by atoms with E-state index in [0.29, 0.717) is 6.04 Å². The third kappa shape index (κ3) is 2.89. The first kappa shape index (κ1) is 14.4. The molecule has 1 atom stereocenters. The summed E-state index contributed by atoms with van der Waals surface area (Å²) < 4.78 is 2.25. The van der Waals surface area contributed by atoms with Crippen LogP contribution in [-0.4, -0.2) is 22.1 Å². The normalized spacial score (nSPS) is 16.0. The lowest BCUT2D eigenvalue weighted by Crippen LogP contribution is -2.28. The van der Waals surface area contributed by atoms with Gasteiger partial charge in [-0.3, -0.25) is 4.79 Å². The number of aliphatic hydroxyl groups is 1. The largest absolute Gasteiger partial charge is 0.387 e. The van der Waals surface area contributed by atoms with Crippen LogP contribution in [0.1, 0.15) is 52.3 Å². The van der Waals surface area contributed by atoms with Gasteiger partial charge in [0.25, 0.3) is 5.91 Å². The van der Waals surface area contributed by atoms with E-state index < -0.39 is 6.10 Å². The zero-order chi connectivity index (χ0) is 15.0. The van der Waals surface area contributed by atoms with Crippen molar-refractivity contribution in [1.82, 2.24) is 9.88 Å². The summed E-state index contributed by atoms with van der Waals surface area (Å²) in [4.78, 5) is 12.3. The predicted molar refractivity (Wildman–Crippen MR) is 83.8 cm³/mol. The van der Waals surface area contributed by atoms with Crippen LogP contribution in [0.4, 0.5) is 0 Å². The SMILES string of the molecule is Cc1cc(C(=O)NC[C@@H](O)c2ccsc2)c(C)n1C1CC1. The molecule has 1 saturated carbocycles. The van der Waals surface area contributed by atoms with Gasteiger partial charge in [-0.05, 0) is 55.1 Å². The second kappa shape index (κ2) is 5.66. The second-order valence-electron chi connectivity index (χ2n) is 5.67. The van der Waals surface area contributed by atoms with E-state index in [9.17, 15) is 9.90 Å². The molecule has 0 radical (unpaired) electrons. The van der Waals surface area contributed by atoms with Gasteiger partial charge in [0.05, 0.1) is 11.7 Å². The molecule has 0 spiro atoms. The molecule has 1 aliphatic rings. The fourth-order valence-corrected chi connectivity index (χ4v) is 3.48. The standard InChI is InChI=1S/C16H20N2O2S/c1-10-7-14(11(2)18(10)13-3-4-13)16(20)17-8-15(19)12-5-6-21-9-12/h5-7,9,13,15,19H,3-4,8H2,1-2H3,(H,17,20)/t15-/m1/s1. The Morgan fingerprint density at radius 1 is 1.52 bits per heavy atom. The van der Waals surface area contributed by atoms with Gasteiger partial charge < -0.3 is 15.0 Å². The zero-order valence-electron chi connectivity index (χ0n) is 12.3. The summed E-state index contributed by atoms with van der Waals surface area (Å²) in [6.07, 6.45) is 1.76. The Balaban J connectivity index is 1.67. The molecule has 0 aliphatic heterocycles. The average molecular weight is 304 g/mol. The number of carbonyl (C=O) groups excluding carboxylic acids is 1. The summed E-state index contributed by atoms with van der Waals surface area (Å²) in [6, 6.07) is 4.39. The molecule has 0 bridgehead atoms. The van der Waals surface area contributed by atoms with Gasteiger partial charge in [0.15, 0.2) is 0 Å². The first-order valence-corrected chi connectivity index (χ1v) is 8.19. The number of aryl methyl sites for hydroxylation is 1. The number of hydrogen-bond acceptors (Lipinski definition) is 3. The molecule has 1 fully saturated rings. The van der Waals surface area contributed by atoms with Crippen molar-refractivity contribution in [3.8, 4) is 0 Å². The highest BCUT2D eigenvalue weighted by molar-refractivity contribution is 7.07. The van der Waals surface area contributed by atoms with Crippen LogP contribution >= 0.6 is 11.3 Å². The summed E-state index contributed by atoms with van der Waals surface area (Å²) in [5.41, 5.74) is 3.73. The summed E-state index contributed by atoms with van der Waals surface area (Å²) in [6.45, 7) is 4.28. The predicted octanol–water partition coefficient (Wildman–Crippen LogP) is 2.96. The van der Waals surface area contributed by atoms with Crippen LogP contribution in [0.3, 0.4) is 0 Å². The number of nitrogens with one attached hydrogen (secondary N) is 1. The van der Waals surface area contributed by atoms with Crippen molar-refractivity contribution >= 4 is 17.2 Å². The Kier molecular flexibility index (Phi) is 3.87. The molecule has 0 unspecified atom stereocenters. The number of aromatic nitrogens is 1. The molecule has 1 amide bonds. The molecule has 0 aromatic carbocycles. The molecule has 3 rings (SSSR count). The van der Waals surface area contributed by atoms with Crippen molar-refractivity contribution in [3.05, 3.63) is 45.4 Å². The van der Waals surface area contributed by atoms with E-state index in [-0.39, 0.29) is 12.5 Å². The zero-order valence-corrected chi connectivity index (χ0v) is 13.1. The quantitative estimate of drug-likeness (QED) is 0.892. The molecule has 5 heteroatoms. The van der Waals surface area contributed by atoms with Crippen molar-refractivity contribution in [2.75, 3.05) is 6.54 Å². The number of nitrogens with zero attached hydrogens (tertiary/aromatic N) is 1. The van der Waals surface area contributed by atoms with Crippen molar-refractivity contribution < 1.29 is 9.90 Å². The number of aliphatic hydroxyl groups excluding tert-OH is 1. The number of rotatable bonds is 5. The summed E-state index contributed by atoms with van der Waals surface area (Å²) >= 11 is 1.54. The van der Waals surface area contributed by atoms with E-state index in [4.69, 9.17) is 0 Å². The van der Waals surface area contributed by atoms with Crippen LogP contribution in [0.15, 0.2) is 22.9 Å². The van der Waals surface area contributed by atoms with Gasteiger partial charge in [0, 0.05) is 24.0 Å². The number of carbonyl (C=O) groups is 1. The van der Waals surface area contributed by atoms with Crippen LogP contribution in [0, 0.1) is 13.8 Å². The van der Waals surface area contributed by atoms with Gasteiger partial charge in [0.1, 0.15) is 0 Å². The number of thiophene rings is 1. The van der Waals surface area contributed by atoms with Gasteiger partial charge in [-0.2, -0.15) is 11.3 Å². The number of amides is 1. The highest BCUT2D eigenvalue weighted by atomic mass is 32.1. The molecular formula is C16H20N2O2S. The van der Waals surface area contributed by atoms with Gasteiger partial charge in [-0.1, -0.05) is 0 Å². The van der Waals surface area contributed by atoms with Crippen molar-refractivity contribution in [3.63, 3.8) is 0 Å². The van der Waals surface area contributed by atoms with E-state index in [2.05, 4.69) is 9.88 Å². The maximum Gasteiger partial charge on any atom is 0.253 e. The maximum atomic E-state index is 12.3. The highest BCUT2D eigenvalue weighted by Crippen LogP contribution is 2.38. The van der Waals surface area contributed by atoms with Gasteiger partial charge >= 0.3 is 0 Å². The van der Waals surface area contributed by atoms with Crippen LogP contribution in [0.5, 0.6) is 0 Å². The summed E-state index contributed by atoms with van der Waals surface area (Å²) in [7, 11) is 0. The van der Waals surface area contributed by atoms with E-state index in [1.165, 1.54) is 12.8 Å². The minimum atomic E-state index is -0.646. The van der Waals surface area contributed by atoms with Crippen LogP contribution in [0.2, 0.25) is 0 Å². The molecule has 4 nitrogen and oxygen atoms in total. The van der Waals surface area contributed by atoms with Gasteiger partial charge in [0.2, 0.25) is 0 Å². The Hall–Kier alpha value is -1.59. The van der Waals surface area contributed by atoms with Gasteiger partial charge in [-0.25, -0.2) is 0 Å². The minimum absolute atomic E-state index is 0.107. The summed E-state index contributed by atoms with van der Waals surface area (Å²) in [5.74, 6) is -0.107. The van der Waals surface area contributed by atoms with Crippen LogP contribution < -0.4 is 5.32 Å². The molecule has 2 N–H and O–H groups in total. The lowest BCUT2D eigenvalue weighted by atomic mass is 10.2. The Labute approximate surface area is 128 Å². The lowest BCUT2D eigenvalue weighted by molar-refractivity contribution is 0.0916. The molecule has 21 heavy (non-hydrogen) atoms. The van der Waals surface area contributed by atoms with Crippen molar-refractivity contribution in [1.29, 1.82) is 0 Å². The van der Waals surface area contributed by atoms with Crippen molar-refractivity contribution in [2.24, 2.45) is 0 Å². The molecule has 0 saturated heterocycles. The molecule has 2 aromatic rings. The number of hydrogen-bond donors (Lipinski definition) is 2. The molecule has 1 aliphatic carbocycles. The van der Waals surface area contributed by atoms with Crippen LogP contribution in [0.25, 0.3) is 0 Å². The average Bonchev–Trinajstić information content (AvgIpc) is 3.03. The van der Waals surface area contributed by atoms with E-state index in [1.807, 2.05) is 36.7 Å². The second-order valence-corrected chi connectivity index (χ2v) is 6.45. The molecular weight excluding hydrogens is 284 g/mol. The van der Waals surface area contributed by atoms with Crippen molar-refractivity contribution in [2.45, 2.75) is 38.8 Å². The molecule has 2 aromatic heterocycles. The minimum Gasteiger partial charge on any atom is -0.387 e. The Morgan fingerprint density at radius 2 is 2.29 bits per heavy atom.